The van der Waals surface area contributed by atoms with E-state index in [0.29, 0.717) is 19.3 Å². The normalized spacial score (nSPS) is 12.8. The van der Waals surface area contributed by atoms with Crippen LogP contribution in [0.1, 0.15) is 310 Å². The Morgan fingerprint density at radius 2 is 0.500 bits per heavy atom. The molecule has 0 fully saturated rings. The summed E-state index contributed by atoms with van der Waals surface area (Å²) in [4.78, 5) is 38.4. The lowest BCUT2D eigenvalue weighted by Gasteiger charge is -2.18. The van der Waals surface area contributed by atoms with Crippen LogP contribution >= 0.6 is 0 Å². The maximum atomic E-state index is 12.9. The summed E-state index contributed by atoms with van der Waals surface area (Å²) in [7, 11) is 0. The zero-order valence-electron chi connectivity index (χ0n) is 51.2. The Hall–Kier alpha value is -3.93. The molecule has 78 heavy (non-hydrogen) atoms. The van der Waals surface area contributed by atoms with Crippen molar-refractivity contribution in [3.05, 3.63) is 109 Å². The molecule has 0 saturated carbocycles. The first-order valence-electron chi connectivity index (χ1n) is 32.9. The third-order valence-electron chi connectivity index (χ3n) is 14.0. The van der Waals surface area contributed by atoms with Gasteiger partial charge in [-0.25, -0.2) is 0 Å². The van der Waals surface area contributed by atoms with Gasteiger partial charge in [0.15, 0.2) is 6.10 Å². The van der Waals surface area contributed by atoms with Gasteiger partial charge >= 0.3 is 17.9 Å². The number of hydrogen-bond acceptors (Lipinski definition) is 6. The standard InChI is InChI=1S/C72H122O6/c1-4-7-10-13-16-19-22-25-28-30-32-34-35-36-37-39-40-42-44-47-50-53-56-59-62-65-71(74)77-68-69(67-76-70(73)64-61-58-55-52-49-46-27-24-21-18-15-12-9-6-3)78-72(75)66-63-60-57-54-51-48-45-43-41-38-33-31-29-26-23-20-17-14-11-8-5-2/h7,10,16,19,23-28,31-34,36-37,41,43,69H,4-6,8-9,11-15,17-18,20-22,29-30,35,38-40,42,44-68H2,1-3H3/b10-7-,19-16-,26-23-,27-24-,28-25-,33-31-,34-32-,37-36-,43-41-. The first-order chi connectivity index (χ1) is 38.5. The smallest absolute Gasteiger partial charge is 0.306 e. The van der Waals surface area contributed by atoms with E-state index in [2.05, 4.69) is 130 Å². The lowest BCUT2D eigenvalue weighted by Crippen LogP contribution is -2.30. The second-order valence-electron chi connectivity index (χ2n) is 21.6. The highest BCUT2D eigenvalue weighted by Crippen LogP contribution is 2.15. The van der Waals surface area contributed by atoms with Gasteiger partial charge in [-0.05, 0) is 128 Å². The topological polar surface area (TPSA) is 78.9 Å². The second kappa shape index (κ2) is 65.6. The molecular weight excluding hydrogens is 961 g/mol. The Bertz CT molecular complexity index is 1570. The van der Waals surface area contributed by atoms with E-state index in [1.807, 2.05) is 0 Å². The highest BCUT2D eigenvalue weighted by atomic mass is 16.6. The number of rotatable bonds is 59. The van der Waals surface area contributed by atoms with Crippen molar-refractivity contribution >= 4 is 17.9 Å². The number of esters is 3. The van der Waals surface area contributed by atoms with Gasteiger partial charge in [0.2, 0.25) is 0 Å². The van der Waals surface area contributed by atoms with Crippen molar-refractivity contribution in [1.29, 1.82) is 0 Å². The van der Waals surface area contributed by atoms with Gasteiger partial charge < -0.3 is 14.2 Å². The van der Waals surface area contributed by atoms with Gasteiger partial charge in [-0.15, -0.1) is 0 Å². The van der Waals surface area contributed by atoms with Crippen LogP contribution in [-0.4, -0.2) is 37.2 Å². The molecule has 0 heterocycles. The number of carbonyl (C=O) groups excluding carboxylic acids is 3. The van der Waals surface area contributed by atoms with E-state index in [9.17, 15) is 14.4 Å². The Balaban J connectivity index is 4.39. The molecule has 0 bridgehead atoms. The van der Waals surface area contributed by atoms with Crippen LogP contribution < -0.4 is 0 Å². The van der Waals surface area contributed by atoms with Crippen LogP contribution in [0.2, 0.25) is 0 Å². The van der Waals surface area contributed by atoms with Crippen molar-refractivity contribution in [2.24, 2.45) is 0 Å². The molecule has 446 valence electrons. The fourth-order valence-electron chi connectivity index (χ4n) is 9.06. The summed E-state index contributed by atoms with van der Waals surface area (Å²) in [6, 6.07) is 0. The Kier molecular flexibility index (Phi) is 62.3. The number of ether oxygens (including phenoxy) is 3. The van der Waals surface area contributed by atoms with Crippen molar-refractivity contribution in [1.82, 2.24) is 0 Å². The van der Waals surface area contributed by atoms with E-state index < -0.39 is 6.10 Å². The van der Waals surface area contributed by atoms with Gasteiger partial charge in [-0.2, -0.15) is 0 Å². The first kappa shape index (κ1) is 74.1. The van der Waals surface area contributed by atoms with Crippen molar-refractivity contribution in [3.8, 4) is 0 Å². The van der Waals surface area contributed by atoms with Crippen LogP contribution in [0, 0.1) is 0 Å². The predicted octanol–water partition coefficient (Wildman–Crippen LogP) is 22.6. The molecule has 1 atom stereocenters. The molecule has 0 aliphatic heterocycles. The van der Waals surface area contributed by atoms with Crippen LogP contribution in [0.4, 0.5) is 0 Å². The van der Waals surface area contributed by atoms with Crippen LogP contribution in [-0.2, 0) is 28.6 Å². The fourth-order valence-corrected chi connectivity index (χ4v) is 9.06. The maximum absolute atomic E-state index is 12.9. The highest BCUT2D eigenvalue weighted by molar-refractivity contribution is 5.71. The fraction of sp³-hybridized carbons (Fsp3) is 0.708. The second-order valence-corrected chi connectivity index (χ2v) is 21.6. The summed E-state index contributed by atoms with van der Waals surface area (Å²) in [5, 5.41) is 0. The molecule has 0 aromatic carbocycles. The van der Waals surface area contributed by atoms with Gasteiger partial charge in [-0.3, -0.25) is 14.4 Å². The van der Waals surface area contributed by atoms with E-state index in [1.54, 1.807) is 0 Å². The van der Waals surface area contributed by atoms with Gasteiger partial charge in [-0.1, -0.05) is 271 Å². The third kappa shape index (κ3) is 62.9. The summed E-state index contributed by atoms with van der Waals surface area (Å²) < 4.78 is 16.9. The summed E-state index contributed by atoms with van der Waals surface area (Å²) in [5.74, 6) is -0.908. The molecule has 0 radical (unpaired) electrons. The minimum Gasteiger partial charge on any atom is -0.462 e. The maximum Gasteiger partial charge on any atom is 0.306 e. The molecule has 0 N–H and O–H groups in total. The van der Waals surface area contributed by atoms with Gasteiger partial charge in [0.05, 0.1) is 0 Å². The zero-order valence-corrected chi connectivity index (χ0v) is 51.2. The van der Waals surface area contributed by atoms with Crippen molar-refractivity contribution < 1.29 is 28.6 Å². The zero-order chi connectivity index (χ0) is 56.4. The first-order valence-corrected chi connectivity index (χ1v) is 32.9. The van der Waals surface area contributed by atoms with E-state index in [4.69, 9.17) is 14.2 Å². The average Bonchev–Trinajstić information content (AvgIpc) is 3.44. The Labute approximate surface area is 482 Å². The molecule has 0 rings (SSSR count). The molecule has 0 aromatic rings. The molecular formula is C72H122O6. The van der Waals surface area contributed by atoms with Gasteiger partial charge in [0, 0.05) is 19.3 Å². The monoisotopic (exact) mass is 1080 g/mol. The minimum atomic E-state index is -0.794. The quantitative estimate of drug-likeness (QED) is 0.0261. The van der Waals surface area contributed by atoms with Crippen LogP contribution in [0.5, 0.6) is 0 Å². The van der Waals surface area contributed by atoms with Crippen molar-refractivity contribution in [3.63, 3.8) is 0 Å². The van der Waals surface area contributed by atoms with Crippen molar-refractivity contribution in [2.45, 2.75) is 316 Å². The summed E-state index contributed by atoms with van der Waals surface area (Å²) >= 11 is 0. The van der Waals surface area contributed by atoms with E-state index >= 15 is 0 Å². The Morgan fingerprint density at radius 1 is 0.269 bits per heavy atom. The molecule has 0 spiro atoms. The summed E-state index contributed by atoms with van der Waals surface area (Å²) in [6.07, 6.45) is 89.4. The predicted molar refractivity (Wildman–Crippen MR) is 339 cm³/mol. The lowest BCUT2D eigenvalue weighted by atomic mass is 10.1. The van der Waals surface area contributed by atoms with E-state index in [0.717, 1.165) is 128 Å². The molecule has 0 aliphatic carbocycles. The molecule has 6 nitrogen and oxygen atoms in total. The molecule has 6 heteroatoms. The molecule has 0 amide bonds. The third-order valence-corrected chi connectivity index (χ3v) is 14.0. The van der Waals surface area contributed by atoms with Crippen LogP contribution in [0.25, 0.3) is 0 Å². The van der Waals surface area contributed by atoms with Gasteiger partial charge in [0.1, 0.15) is 13.2 Å². The molecule has 1 unspecified atom stereocenters. The average molecular weight is 1080 g/mol. The largest absolute Gasteiger partial charge is 0.462 e. The Morgan fingerprint density at radius 3 is 0.795 bits per heavy atom. The lowest BCUT2D eigenvalue weighted by molar-refractivity contribution is -0.167. The molecule has 0 aliphatic rings. The molecule has 0 saturated heterocycles. The van der Waals surface area contributed by atoms with Crippen molar-refractivity contribution in [2.75, 3.05) is 13.2 Å². The van der Waals surface area contributed by atoms with E-state index in [1.165, 1.54) is 141 Å². The number of unbranched alkanes of at least 4 members (excludes halogenated alkanes) is 30. The summed E-state index contributed by atoms with van der Waals surface area (Å²) in [5.41, 5.74) is 0. The van der Waals surface area contributed by atoms with Crippen LogP contribution in [0.3, 0.4) is 0 Å². The van der Waals surface area contributed by atoms with E-state index in [-0.39, 0.29) is 31.1 Å². The van der Waals surface area contributed by atoms with Crippen LogP contribution in [0.15, 0.2) is 109 Å². The summed E-state index contributed by atoms with van der Waals surface area (Å²) in [6.45, 7) is 6.50. The highest BCUT2D eigenvalue weighted by Gasteiger charge is 2.19. The SMILES string of the molecule is CC/C=C\C/C=C\C/C=C\C/C=C\C/C=C\CCCCCCCCCCCC(=O)OCC(COC(=O)CCCCCCC/C=C\CCCCCCC)OC(=O)CCCCCCCC/C=C\C/C=C\C/C=C\CCCCCCC. The van der Waals surface area contributed by atoms with Gasteiger partial charge in [0.25, 0.3) is 0 Å². The minimum absolute atomic E-state index is 0.0897. The number of hydrogen-bond donors (Lipinski definition) is 0. The number of allylic oxidation sites excluding steroid dienone is 18. The number of carbonyl (C=O) groups is 3. The molecule has 0 aromatic heterocycles.